The van der Waals surface area contributed by atoms with E-state index in [-0.39, 0.29) is 17.5 Å². The lowest BCUT2D eigenvalue weighted by Crippen LogP contribution is -2.25. The van der Waals surface area contributed by atoms with Crippen LogP contribution in [0.5, 0.6) is 0 Å². The number of hydrogen-bond donors (Lipinski definition) is 1. The average Bonchev–Trinajstić information content (AvgIpc) is 3.07. The molecular weight excluding hydrogens is 295 g/mol. The number of hydrogen-bond acceptors (Lipinski definition) is 3. The number of nitrogens with zero attached hydrogens (tertiary/aromatic N) is 1. The number of oxazole rings is 1. The zero-order valence-electron chi connectivity index (χ0n) is 12.3. The van der Waals surface area contributed by atoms with Crippen molar-refractivity contribution in [3.63, 3.8) is 0 Å². The highest BCUT2D eigenvalue weighted by atomic mass is 19.1. The molecular formula is C18H15FN2O2. The summed E-state index contributed by atoms with van der Waals surface area (Å²) in [4.78, 5) is 16.4. The van der Waals surface area contributed by atoms with Gasteiger partial charge in [-0.3, -0.25) is 4.79 Å². The van der Waals surface area contributed by atoms with Gasteiger partial charge in [-0.05, 0) is 24.1 Å². The molecule has 0 unspecified atom stereocenters. The van der Waals surface area contributed by atoms with E-state index in [2.05, 4.69) is 10.3 Å². The van der Waals surface area contributed by atoms with Gasteiger partial charge in [0, 0.05) is 12.1 Å². The summed E-state index contributed by atoms with van der Waals surface area (Å²) in [6.07, 6.45) is 1.87. The van der Waals surface area contributed by atoms with Crippen LogP contribution in [0.2, 0.25) is 0 Å². The number of rotatable bonds is 5. The third-order valence-corrected chi connectivity index (χ3v) is 3.43. The molecule has 1 N–H and O–H groups in total. The summed E-state index contributed by atoms with van der Waals surface area (Å²) in [7, 11) is 0. The Balaban J connectivity index is 1.63. The first kappa shape index (κ1) is 15.0. The zero-order chi connectivity index (χ0) is 16.1. The maximum absolute atomic E-state index is 12.8. The first-order chi connectivity index (χ1) is 11.2. The van der Waals surface area contributed by atoms with E-state index < -0.39 is 0 Å². The maximum atomic E-state index is 12.8. The first-order valence-electron chi connectivity index (χ1n) is 7.25. The molecule has 4 nitrogen and oxygen atoms in total. The molecule has 2 aromatic carbocycles. The molecule has 1 amide bonds. The number of benzene rings is 2. The van der Waals surface area contributed by atoms with Crippen LogP contribution in [0.1, 0.15) is 16.1 Å². The lowest BCUT2D eigenvalue weighted by molar-refractivity contribution is 0.0927. The third-order valence-electron chi connectivity index (χ3n) is 3.43. The Morgan fingerprint density at radius 2 is 1.83 bits per heavy atom. The molecule has 23 heavy (non-hydrogen) atoms. The van der Waals surface area contributed by atoms with Crippen LogP contribution in [0.25, 0.3) is 11.3 Å². The second-order valence-electron chi connectivity index (χ2n) is 5.03. The molecule has 1 aromatic heterocycles. The van der Waals surface area contributed by atoms with Gasteiger partial charge in [0.1, 0.15) is 11.5 Å². The lowest BCUT2D eigenvalue weighted by Gasteiger charge is -2.05. The van der Waals surface area contributed by atoms with Gasteiger partial charge in [0.15, 0.2) is 6.39 Å². The molecule has 0 aliphatic carbocycles. The Morgan fingerprint density at radius 3 is 2.57 bits per heavy atom. The molecule has 0 saturated carbocycles. The fraction of sp³-hybridized carbons (Fsp3) is 0.111. The van der Waals surface area contributed by atoms with Gasteiger partial charge in [-0.15, -0.1) is 0 Å². The summed E-state index contributed by atoms with van der Waals surface area (Å²) in [6, 6.07) is 15.6. The molecule has 0 spiro atoms. The van der Waals surface area contributed by atoms with Crippen molar-refractivity contribution in [3.05, 3.63) is 78.1 Å². The summed E-state index contributed by atoms with van der Waals surface area (Å²) in [5.74, 6) is -0.397. The van der Waals surface area contributed by atoms with E-state index in [4.69, 9.17) is 4.42 Å². The molecule has 3 aromatic rings. The van der Waals surface area contributed by atoms with E-state index in [1.54, 1.807) is 12.1 Å². The molecule has 3 rings (SSSR count). The number of carbonyl (C=O) groups excluding carboxylic acids is 1. The van der Waals surface area contributed by atoms with E-state index in [0.717, 1.165) is 11.1 Å². The number of carbonyl (C=O) groups is 1. The SMILES string of the molecule is O=C(NCCc1ccc(F)cc1)c1ocnc1-c1ccccc1. The number of nitrogens with one attached hydrogen (secondary N) is 1. The van der Waals surface area contributed by atoms with Crippen molar-refractivity contribution in [1.82, 2.24) is 10.3 Å². The van der Waals surface area contributed by atoms with Gasteiger partial charge in [-0.2, -0.15) is 0 Å². The van der Waals surface area contributed by atoms with Crippen LogP contribution < -0.4 is 5.32 Å². The van der Waals surface area contributed by atoms with Crippen LogP contribution in [0.4, 0.5) is 4.39 Å². The average molecular weight is 310 g/mol. The standard InChI is InChI=1S/C18H15FN2O2/c19-15-8-6-13(7-9-15)10-11-20-18(22)17-16(21-12-23-17)14-4-2-1-3-5-14/h1-9,12H,10-11H2,(H,20,22). The topological polar surface area (TPSA) is 55.1 Å². The summed E-state index contributed by atoms with van der Waals surface area (Å²) >= 11 is 0. The molecule has 116 valence electrons. The van der Waals surface area contributed by atoms with Crippen LogP contribution in [-0.2, 0) is 6.42 Å². The van der Waals surface area contributed by atoms with E-state index in [1.165, 1.54) is 18.5 Å². The molecule has 0 radical (unpaired) electrons. The zero-order valence-corrected chi connectivity index (χ0v) is 12.3. The van der Waals surface area contributed by atoms with Gasteiger partial charge >= 0.3 is 0 Å². The summed E-state index contributed by atoms with van der Waals surface area (Å²) in [5, 5.41) is 2.79. The maximum Gasteiger partial charge on any atom is 0.289 e. The van der Waals surface area contributed by atoms with E-state index in [0.29, 0.717) is 18.7 Å². The molecule has 0 aliphatic heterocycles. The van der Waals surface area contributed by atoms with Crippen LogP contribution in [-0.4, -0.2) is 17.4 Å². The number of aromatic nitrogens is 1. The highest BCUT2D eigenvalue weighted by molar-refractivity contribution is 5.97. The van der Waals surface area contributed by atoms with Crippen LogP contribution in [0.3, 0.4) is 0 Å². The predicted octanol–water partition coefficient (Wildman–Crippen LogP) is 3.45. The van der Waals surface area contributed by atoms with Crippen molar-refractivity contribution in [3.8, 4) is 11.3 Å². The van der Waals surface area contributed by atoms with Gasteiger partial charge in [0.2, 0.25) is 5.76 Å². The van der Waals surface area contributed by atoms with Crippen molar-refractivity contribution in [1.29, 1.82) is 0 Å². The molecule has 0 aliphatic rings. The summed E-state index contributed by atoms with van der Waals surface area (Å²) < 4.78 is 18.1. The Bertz CT molecular complexity index is 782. The highest BCUT2D eigenvalue weighted by Crippen LogP contribution is 2.21. The van der Waals surface area contributed by atoms with Crippen molar-refractivity contribution in [2.45, 2.75) is 6.42 Å². The van der Waals surface area contributed by atoms with Crippen LogP contribution in [0, 0.1) is 5.82 Å². The second-order valence-corrected chi connectivity index (χ2v) is 5.03. The van der Waals surface area contributed by atoms with Crippen molar-refractivity contribution < 1.29 is 13.6 Å². The monoisotopic (exact) mass is 310 g/mol. The smallest absolute Gasteiger partial charge is 0.289 e. The molecule has 0 atom stereocenters. The minimum absolute atomic E-state index is 0.190. The normalized spacial score (nSPS) is 10.5. The van der Waals surface area contributed by atoms with Crippen LogP contribution >= 0.6 is 0 Å². The Kier molecular flexibility index (Phi) is 4.47. The minimum Gasteiger partial charge on any atom is -0.438 e. The second kappa shape index (κ2) is 6.87. The molecule has 1 heterocycles. The van der Waals surface area contributed by atoms with Gasteiger partial charge in [0.25, 0.3) is 5.91 Å². The van der Waals surface area contributed by atoms with Gasteiger partial charge < -0.3 is 9.73 Å². The Morgan fingerprint density at radius 1 is 1.09 bits per heavy atom. The van der Waals surface area contributed by atoms with Crippen molar-refractivity contribution in [2.75, 3.05) is 6.54 Å². The summed E-state index contributed by atoms with van der Waals surface area (Å²) in [5.41, 5.74) is 2.29. The number of amides is 1. The molecule has 0 saturated heterocycles. The largest absolute Gasteiger partial charge is 0.438 e. The Labute approximate surface area is 133 Å². The van der Waals surface area contributed by atoms with Crippen molar-refractivity contribution >= 4 is 5.91 Å². The van der Waals surface area contributed by atoms with Crippen molar-refractivity contribution in [2.24, 2.45) is 0 Å². The number of halogens is 1. The van der Waals surface area contributed by atoms with Crippen LogP contribution in [0.15, 0.2) is 65.4 Å². The fourth-order valence-corrected chi connectivity index (χ4v) is 2.26. The lowest BCUT2D eigenvalue weighted by atomic mass is 10.1. The molecule has 5 heteroatoms. The molecule has 0 fully saturated rings. The predicted molar refractivity (Wildman–Crippen MR) is 84.4 cm³/mol. The van der Waals surface area contributed by atoms with E-state index in [9.17, 15) is 9.18 Å². The first-order valence-corrected chi connectivity index (χ1v) is 7.25. The summed E-state index contributed by atoms with van der Waals surface area (Å²) in [6.45, 7) is 0.430. The highest BCUT2D eigenvalue weighted by Gasteiger charge is 2.17. The van der Waals surface area contributed by atoms with E-state index in [1.807, 2.05) is 30.3 Å². The van der Waals surface area contributed by atoms with Gasteiger partial charge in [0.05, 0.1) is 0 Å². The van der Waals surface area contributed by atoms with Gasteiger partial charge in [-0.1, -0.05) is 42.5 Å². The Hall–Kier alpha value is -2.95. The fourth-order valence-electron chi connectivity index (χ4n) is 2.26. The third kappa shape index (κ3) is 3.63. The van der Waals surface area contributed by atoms with Gasteiger partial charge in [-0.25, -0.2) is 9.37 Å². The molecule has 0 bridgehead atoms. The minimum atomic E-state index is -0.316. The quantitative estimate of drug-likeness (QED) is 0.785. The van der Waals surface area contributed by atoms with E-state index >= 15 is 0 Å².